The fourth-order valence-electron chi connectivity index (χ4n) is 1.39. The lowest BCUT2D eigenvalue weighted by Gasteiger charge is -2.17. The van der Waals surface area contributed by atoms with Crippen LogP contribution in [0.3, 0.4) is 0 Å². The maximum absolute atomic E-state index is 10.7. The number of carboxylic acid groups (broad SMARTS) is 1. The molecule has 0 bridgehead atoms. The monoisotopic (exact) mass is 218 g/mol. The second kappa shape index (κ2) is 5.29. The SMILES string of the molecule is C[C@H](N[C@@H](C)c1ccc(C#N)cc1)C(=O)O. The van der Waals surface area contributed by atoms with Crippen molar-refractivity contribution in [3.8, 4) is 6.07 Å². The van der Waals surface area contributed by atoms with Crippen molar-refractivity contribution in [1.82, 2.24) is 5.32 Å². The number of rotatable bonds is 4. The molecule has 16 heavy (non-hydrogen) atoms. The molecule has 0 saturated carbocycles. The van der Waals surface area contributed by atoms with Crippen LogP contribution in [0.2, 0.25) is 0 Å². The van der Waals surface area contributed by atoms with Gasteiger partial charge in [-0.25, -0.2) is 0 Å². The van der Waals surface area contributed by atoms with Crippen LogP contribution in [0.4, 0.5) is 0 Å². The Morgan fingerprint density at radius 2 is 1.94 bits per heavy atom. The molecule has 0 aliphatic carbocycles. The maximum Gasteiger partial charge on any atom is 0.320 e. The first-order valence-corrected chi connectivity index (χ1v) is 5.03. The second-order valence-corrected chi connectivity index (χ2v) is 3.68. The average Bonchev–Trinajstić information content (AvgIpc) is 2.28. The molecule has 1 rings (SSSR count). The minimum Gasteiger partial charge on any atom is -0.480 e. The Bertz CT molecular complexity index is 406. The lowest BCUT2D eigenvalue weighted by Crippen LogP contribution is -2.35. The number of hydrogen-bond acceptors (Lipinski definition) is 3. The first kappa shape index (κ1) is 12.2. The van der Waals surface area contributed by atoms with Gasteiger partial charge in [0.2, 0.25) is 0 Å². The van der Waals surface area contributed by atoms with Gasteiger partial charge in [0.25, 0.3) is 0 Å². The molecule has 0 heterocycles. The number of benzene rings is 1. The molecule has 0 saturated heterocycles. The standard InChI is InChI=1S/C12H14N2O2/c1-8(14-9(2)12(15)16)11-5-3-10(7-13)4-6-11/h3-6,8-9,14H,1-2H3,(H,15,16)/t8-,9-/m0/s1. The van der Waals surface area contributed by atoms with Gasteiger partial charge in [0.15, 0.2) is 0 Å². The zero-order valence-electron chi connectivity index (χ0n) is 9.27. The summed E-state index contributed by atoms with van der Waals surface area (Å²) in [5.41, 5.74) is 1.56. The van der Waals surface area contributed by atoms with E-state index in [2.05, 4.69) is 5.32 Å². The van der Waals surface area contributed by atoms with E-state index in [4.69, 9.17) is 10.4 Å². The summed E-state index contributed by atoms with van der Waals surface area (Å²) in [4.78, 5) is 10.7. The summed E-state index contributed by atoms with van der Waals surface area (Å²) >= 11 is 0. The lowest BCUT2D eigenvalue weighted by atomic mass is 10.1. The van der Waals surface area contributed by atoms with E-state index in [1.54, 1.807) is 19.1 Å². The van der Waals surface area contributed by atoms with Gasteiger partial charge in [0.05, 0.1) is 11.6 Å². The predicted octanol–water partition coefficient (Wildman–Crippen LogP) is 1.68. The Morgan fingerprint density at radius 1 is 1.38 bits per heavy atom. The van der Waals surface area contributed by atoms with Crippen LogP contribution in [0.5, 0.6) is 0 Å². The molecular formula is C12H14N2O2. The van der Waals surface area contributed by atoms with Crippen molar-refractivity contribution in [3.63, 3.8) is 0 Å². The minimum absolute atomic E-state index is 0.0566. The molecule has 0 amide bonds. The van der Waals surface area contributed by atoms with Crippen LogP contribution in [0.25, 0.3) is 0 Å². The first-order valence-electron chi connectivity index (χ1n) is 5.03. The van der Waals surface area contributed by atoms with Crippen molar-refractivity contribution in [2.75, 3.05) is 0 Å². The fraction of sp³-hybridized carbons (Fsp3) is 0.333. The van der Waals surface area contributed by atoms with E-state index in [1.165, 1.54) is 0 Å². The largest absolute Gasteiger partial charge is 0.480 e. The number of hydrogen-bond donors (Lipinski definition) is 2. The van der Waals surface area contributed by atoms with Crippen molar-refractivity contribution in [1.29, 1.82) is 5.26 Å². The zero-order valence-corrected chi connectivity index (χ0v) is 9.27. The van der Waals surface area contributed by atoms with Crippen LogP contribution in [0, 0.1) is 11.3 Å². The van der Waals surface area contributed by atoms with Gasteiger partial charge in [-0.05, 0) is 31.5 Å². The minimum atomic E-state index is -0.875. The number of nitriles is 1. The Kier molecular flexibility index (Phi) is 4.03. The molecule has 1 aromatic rings. The molecule has 0 radical (unpaired) electrons. The third-order valence-electron chi connectivity index (χ3n) is 2.41. The highest BCUT2D eigenvalue weighted by atomic mass is 16.4. The van der Waals surface area contributed by atoms with Gasteiger partial charge in [-0.15, -0.1) is 0 Å². The van der Waals surface area contributed by atoms with E-state index in [-0.39, 0.29) is 6.04 Å². The summed E-state index contributed by atoms with van der Waals surface area (Å²) in [6, 6.07) is 8.48. The van der Waals surface area contributed by atoms with Crippen LogP contribution in [0.1, 0.15) is 31.0 Å². The lowest BCUT2D eigenvalue weighted by molar-refractivity contribution is -0.139. The summed E-state index contributed by atoms with van der Waals surface area (Å²) in [7, 11) is 0. The first-order chi connectivity index (χ1) is 7.54. The van der Waals surface area contributed by atoms with Crippen LogP contribution in [-0.2, 0) is 4.79 Å². The second-order valence-electron chi connectivity index (χ2n) is 3.68. The van der Waals surface area contributed by atoms with Gasteiger partial charge in [-0.1, -0.05) is 12.1 Å². The number of nitrogens with zero attached hydrogens (tertiary/aromatic N) is 1. The summed E-state index contributed by atoms with van der Waals surface area (Å²) in [5, 5.41) is 20.3. The van der Waals surface area contributed by atoms with E-state index in [0.717, 1.165) is 5.56 Å². The van der Waals surface area contributed by atoms with Crippen molar-refractivity contribution in [2.45, 2.75) is 25.9 Å². The summed E-state index contributed by atoms with van der Waals surface area (Å²) in [6.07, 6.45) is 0. The molecule has 0 aromatic heterocycles. The number of carbonyl (C=O) groups is 1. The topological polar surface area (TPSA) is 73.1 Å². The van der Waals surface area contributed by atoms with Crippen molar-refractivity contribution >= 4 is 5.97 Å². The summed E-state index contributed by atoms with van der Waals surface area (Å²) in [5.74, 6) is -0.875. The highest BCUT2D eigenvalue weighted by molar-refractivity contribution is 5.72. The molecule has 0 unspecified atom stereocenters. The van der Waals surface area contributed by atoms with Crippen molar-refractivity contribution < 1.29 is 9.90 Å². The van der Waals surface area contributed by atoms with Gasteiger partial charge < -0.3 is 5.11 Å². The van der Waals surface area contributed by atoms with Crippen LogP contribution in [0.15, 0.2) is 24.3 Å². The molecular weight excluding hydrogens is 204 g/mol. The fourth-order valence-corrected chi connectivity index (χ4v) is 1.39. The Morgan fingerprint density at radius 3 is 2.38 bits per heavy atom. The van der Waals surface area contributed by atoms with Crippen LogP contribution in [-0.4, -0.2) is 17.1 Å². The van der Waals surface area contributed by atoms with Gasteiger partial charge in [0.1, 0.15) is 6.04 Å². The molecule has 2 atom stereocenters. The van der Waals surface area contributed by atoms with Gasteiger partial charge in [-0.2, -0.15) is 5.26 Å². The average molecular weight is 218 g/mol. The van der Waals surface area contributed by atoms with Crippen LogP contribution < -0.4 is 5.32 Å². The maximum atomic E-state index is 10.7. The number of aliphatic carboxylic acids is 1. The van der Waals surface area contributed by atoms with Crippen molar-refractivity contribution in [2.24, 2.45) is 0 Å². The van der Waals surface area contributed by atoms with Gasteiger partial charge in [-0.3, -0.25) is 10.1 Å². The summed E-state index contributed by atoms with van der Waals surface area (Å²) in [6.45, 7) is 3.49. The number of carboxylic acids is 1. The molecule has 0 spiro atoms. The smallest absolute Gasteiger partial charge is 0.320 e. The molecule has 1 aromatic carbocycles. The molecule has 0 aliphatic heterocycles. The summed E-state index contributed by atoms with van der Waals surface area (Å²) < 4.78 is 0. The Labute approximate surface area is 94.5 Å². The van der Waals surface area contributed by atoms with Crippen LogP contribution >= 0.6 is 0 Å². The molecule has 0 fully saturated rings. The molecule has 4 nitrogen and oxygen atoms in total. The highest BCUT2D eigenvalue weighted by Crippen LogP contribution is 2.13. The Hall–Kier alpha value is -1.86. The van der Waals surface area contributed by atoms with E-state index in [9.17, 15) is 4.79 Å². The molecule has 84 valence electrons. The third kappa shape index (κ3) is 3.07. The van der Waals surface area contributed by atoms with E-state index in [1.807, 2.05) is 25.1 Å². The highest BCUT2D eigenvalue weighted by Gasteiger charge is 2.14. The third-order valence-corrected chi connectivity index (χ3v) is 2.41. The van der Waals surface area contributed by atoms with E-state index >= 15 is 0 Å². The Balaban J connectivity index is 2.70. The molecule has 0 aliphatic rings. The molecule has 2 N–H and O–H groups in total. The van der Waals surface area contributed by atoms with E-state index in [0.29, 0.717) is 5.56 Å². The van der Waals surface area contributed by atoms with Gasteiger partial charge in [0, 0.05) is 6.04 Å². The number of nitrogens with one attached hydrogen (secondary N) is 1. The predicted molar refractivity (Wildman–Crippen MR) is 59.8 cm³/mol. The van der Waals surface area contributed by atoms with E-state index < -0.39 is 12.0 Å². The molecule has 4 heteroatoms. The van der Waals surface area contributed by atoms with Gasteiger partial charge >= 0.3 is 5.97 Å². The zero-order chi connectivity index (χ0) is 12.1. The van der Waals surface area contributed by atoms with Crippen molar-refractivity contribution in [3.05, 3.63) is 35.4 Å². The quantitative estimate of drug-likeness (QED) is 0.806. The normalized spacial score (nSPS) is 13.8.